The Morgan fingerprint density at radius 3 is 2.64 bits per heavy atom. The number of nitrogens with one attached hydrogen (secondary N) is 2. The first-order valence-corrected chi connectivity index (χ1v) is 6.68. The van der Waals surface area contributed by atoms with Crippen molar-refractivity contribution < 1.29 is 13.6 Å². The summed E-state index contributed by atoms with van der Waals surface area (Å²) in [5.41, 5.74) is 0.599. The molecule has 0 aliphatic heterocycles. The normalized spacial score (nSPS) is 10.6. The highest BCUT2D eigenvalue weighted by atomic mass is 19.1. The maximum absolute atomic E-state index is 13.8. The lowest BCUT2D eigenvalue weighted by atomic mass is 10.0. The van der Waals surface area contributed by atoms with E-state index in [0.717, 1.165) is 18.2 Å². The molecule has 114 valence electrons. The van der Waals surface area contributed by atoms with E-state index in [1.807, 2.05) is 13.8 Å². The van der Waals surface area contributed by atoms with Crippen LogP contribution in [0.15, 0.2) is 30.5 Å². The smallest absolute Gasteiger partial charge is 0.168 e. The lowest BCUT2D eigenvalue weighted by Crippen LogP contribution is -2.16. The number of anilines is 1. The van der Waals surface area contributed by atoms with Crippen LogP contribution >= 0.6 is 0 Å². The van der Waals surface area contributed by atoms with Gasteiger partial charge in [-0.25, -0.2) is 8.78 Å². The molecule has 0 saturated carbocycles. The molecule has 0 atom stereocenters. The summed E-state index contributed by atoms with van der Waals surface area (Å²) in [5, 5.41) is 11.2. The number of aldehydes is 1. The van der Waals surface area contributed by atoms with E-state index in [2.05, 4.69) is 10.3 Å². The molecule has 0 unspecified atom stereocenters. The molecule has 0 spiro atoms. The van der Waals surface area contributed by atoms with Gasteiger partial charge in [-0.1, -0.05) is 0 Å². The van der Waals surface area contributed by atoms with Crippen molar-refractivity contribution in [2.45, 2.75) is 19.9 Å². The molecule has 22 heavy (non-hydrogen) atoms. The molecule has 0 aliphatic carbocycles. The summed E-state index contributed by atoms with van der Waals surface area (Å²) in [6.07, 6.45) is 1.89. The van der Waals surface area contributed by atoms with Crippen molar-refractivity contribution in [3.63, 3.8) is 0 Å². The number of halogens is 2. The van der Waals surface area contributed by atoms with Crippen LogP contribution in [0.5, 0.6) is 0 Å². The number of rotatable bonds is 5. The molecule has 6 heteroatoms. The fourth-order valence-electron chi connectivity index (χ4n) is 2.00. The predicted octanol–water partition coefficient (Wildman–Crippen LogP) is 3.41. The summed E-state index contributed by atoms with van der Waals surface area (Å²) in [6, 6.07) is 4.44. The minimum absolute atomic E-state index is 0.0332. The van der Waals surface area contributed by atoms with Crippen molar-refractivity contribution in [1.29, 1.82) is 5.41 Å². The van der Waals surface area contributed by atoms with E-state index < -0.39 is 11.6 Å². The Morgan fingerprint density at radius 1 is 1.27 bits per heavy atom. The Kier molecular flexibility index (Phi) is 4.60. The number of hydrogen-bond donors (Lipinski definition) is 2. The zero-order valence-corrected chi connectivity index (χ0v) is 12.2. The summed E-state index contributed by atoms with van der Waals surface area (Å²) in [6.45, 7) is 3.77. The highest BCUT2D eigenvalue weighted by Gasteiger charge is 2.16. The van der Waals surface area contributed by atoms with Crippen molar-refractivity contribution in [3.05, 3.63) is 58.9 Å². The third-order valence-corrected chi connectivity index (χ3v) is 2.96. The van der Waals surface area contributed by atoms with Gasteiger partial charge in [0.2, 0.25) is 0 Å². The first kappa shape index (κ1) is 15.8. The first-order chi connectivity index (χ1) is 10.4. The molecule has 0 aliphatic rings. The van der Waals surface area contributed by atoms with Gasteiger partial charge in [0, 0.05) is 29.1 Å². The second-order valence-electron chi connectivity index (χ2n) is 5.07. The number of aromatic nitrogens is 1. The van der Waals surface area contributed by atoms with Crippen LogP contribution in [0.3, 0.4) is 0 Å². The highest BCUT2D eigenvalue weighted by Crippen LogP contribution is 2.22. The number of benzene rings is 1. The third kappa shape index (κ3) is 3.33. The topological polar surface area (TPSA) is 65.8 Å². The lowest BCUT2D eigenvalue weighted by Gasteiger charge is -2.16. The van der Waals surface area contributed by atoms with Gasteiger partial charge in [0.05, 0.1) is 5.71 Å². The minimum atomic E-state index is -0.693. The van der Waals surface area contributed by atoms with Gasteiger partial charge < -0.3 is 5.32 Å². The zero-order chi connectivity index (χ0) is 16.3. The van der Waals surface area contributed by atoms with E-state index in [-0.39, 0.29) is 23.0 Å². The van der Waals surface area contributed by atoms with E-state index in [1.54, 1.807) is 0 Å². The fraction of sp³-hybridized carbons (Fsp3) is 0.188. The molecule has 0 bridgehead atoms. The maximum atomic E-state index is 13.8. The highest BCUT2D eigenvalue weighted by molar-refractivity contribution is 6.14. The van der Waals surface area contributed by atoms with E-state index in [0.29, 0.717) is 17.5 Å². The van der Waals surface area contributed by atoms with Crippen molar-refractivity contribution in [2.75, 3.05) is 5.32 Å². The average molecular weight is 303 g/mol. The zero-order valence-electron chi connectivity index (χ0n) is 12.2. The van der Waals surface area contributed by atoms with Crippen LogP contribution in [0.1, 0.15) is 35.5 Å². The van der Waals surface area contributed by atoms with Gasteiger partial charge in [0.1, 0.15) is 17.3 Å². The van der Waals surface area contributed by atoms with Gasteiger partial charge in [-0.15, -0.1) is 0 Å². The van der Waals surface area contributed by atoms with Crippen LogP contribution in [0.2, 0.25) is 0 Å². The largest absolute Gasteiger partial charge is 0.382 e. The quantitative estimate of drug-likeness (QED) is 0.657. The summed E-state index contributed by atoms with van der Waals surface area (Å²) in [4.78, 5) is 14.7. The van der Waals surface area contributed by atoms with Gasteiger partial charge in [-0.05, 0) is 38.1 Å². The summed E-state index contributed by atoms with van der Waals surface area (Å²) in [7, 11) is 0. The predicted molar refractivity (Wildman–Crippen MR) is 80.7 cm³/mol. The number of nitrogens with zero attached hydrogens (tertiary/aromatic N) is 1. The minimum Gasteiger partial charge on any atom is -0.382 e. The molecule has 2 aromatic rings. The summed E-state index contributed by atoms with van der Waals surface area (Å²) >= 11 is 0. The van der Waals surface area contributed by atoms with Gasteiger partial charge >= 0.3 is 0 Å². The third-order valence-electron chi connectivity index (χ3n) is 2.96. The first-order valence-electron chi connectivity index (χ1n) is 6.68. The van der Waals surface area contributed by atoms with E-state index in [4.69, 9.17) is 5.41 Å². The SMILES string of the molecule is CC(C)Nc1cc(C=O)ncc1C(=N)c1cc(F)ccc1F. The molecule has 2 rings (SSSR count). The monoisotopic (exact) mass is 303 g/mol. The van der Waals surface area contributed by atoms with E-state index in [9.17, 15) is 13.6 Å². The van der Waals surface area contributed by atoms with Gasteiger partial charge in [0.15, 0.2) is 6.29 Å². The van der Waals surface area contributed by atoms with Gasteiger partial charge in [-0.2, -0.15) is 0 Å². The molecule has 4 nitrogen and oxygen atoms in total. The number of hydrogen-bond acceptors (Lipinski definition) is 4. The Morgan fingerprint density at radius 2 is 2.00 bits per heavy atom. The molecule has 1 aromatic carbocycles. The van der Waals surface area contributed by atoms with Crippen LogP contribution in [-0.4, -0.2) is 23.0 Å². The number of carbonyl (C=O) groups excluding carboxylic acids is 1. The van der Waals surface area contributed by atoms with Crippen molar-refractivity contribution >= 4 is 17.7 Å². The number of carbonyl (C=O) groups is 1. The molecule has 0 radical (unpaired) electrons. The average Bonchev–Trinajstić information content (AvgIpc) is 2.48. The summed E-state index contributed by atoms with van der Waals surface area (Å²) in [5.74, 6) is -1.32. The van der Waals surface area contributed by atoms with Crippen LogP contribution in [-0.2, 0) is 0 Å². The second-order valence-corrected chi connectivity index (χ2v) is 5.07. The van der Waals surface area contributed by atoms with Gasteiger partial charge in [0.25, 0.3) is 0 Å². The van der Waals surface area contributed by atoms with Crippen LogP contribution in [0.4, 0.5) is 14.5 Å². The van der Waals surface area contributed by atoms with E-state index in [1.165, 1.54) is 12.3 Å². The molecule has 0 amide bonds. The fourth-order valence-corrected chi connectivity index (χ4v) is 2.00. The Labute approximate surface area is 126 Å². The second kappa shape index (κ2) is 6.43. The maximum Gasteiger partial charge on any atom is 0.168 e. The molecule has 1 heterocycles. The van der Waals surface area contributed by atoms with Crippen LogP contribution in [0.25, 0.3) is 0 Å². The Hall–Kier alpha value is -2.63. The molecule has 0 saturated heterocycles. The Bertz CT molecular complexity index is 729. The van der Waals surface area contributed by atoms with E-state index >= 15 is 0 Å². The van der Waals surface area contributed by atoms with Gasteiger partial charge in [-0.3, -0.25) is 15.2 Å². The number of pyridine rings is 1. The Balaban J connectivity index is 2.52. The lowest BCUT2D eigenvalue weighted by molar-refractivity contribution is 0.111. The van der Waals surface area contributed by atoms with Crippen molar-refractivity contribution in [3.8, 4) is 0 Å². The molecular formula is C16H15F2N3O. The summed E-state index contributed by atoms with van der Waals surface area (Å²) < 4.78 is 27.2. The van der Waals surface area contributed by atoms with Crippen molar-refractivity contribution in [2.24, 2.45) is 0 Å². The van der Waals surface area contributed by atoms with Crippen molar-refractivity contribution in [1.82, 2.24) is 4.98 Å². The molecule has 0 fully saturated rings. The van der Waals surface area contributed by atoms with Crippen LogP contribution in [0, 0.1) is 17.0 Å². The van der Waals surface area contributed by atoms with Crippen LogP contribution < -0.4 is 5.32 Å². The molecule has 2 N–H and O–H groups in total. The molecular weight excluding hydrogens is 288 g/mol. The standard InChI is InChI=1S/C16H15F2N3O/c1-9(2)21-15-6-11(8-22)20-7-13(15)16(19)12-5-10(17)3-4-14(12)18/h3-9,19H,1-2H3,(H,20,21). The molecule has 1 aromatic heterocycles.